The number of amides is 4. The summed E-state index contributed by atoms with van der Waals surface area (Å²) in [5, 5.41) is 17.2. The molecule has 3 aliphatic heterocycles. The van der Waals surface area contributed by atoms with Crippen molar-refractivity contribution in [1.82, 2.24) is 20.7 Å². The number of nitrogens with one attached hydrogen (secondary N) is 2. The molecule has 0 unspecified atom stereocenters. The minimum absolute atomic E-state index is 0.00330. The Morgan fingerprint density at radius 3 is 2.60 bits per heavy atom. The van der Waals surface area contributed by atoms with Crippen molar-refractivity contribution in [1.29, 1.82) is 0 Å². The summed E-state index contributed by atoms with van der Waals surface area (Å²) in [6.07, 6.45) is -0.0665. The van der Waals surface area contributed by atoms with Crippen LogP contribution in [0.5, 0.6) is 5.75 Å². The summed E-state index contributed by atoms with van der Waals surface area (Å²) in [7, 11) is 0. The Kier molecular flexibility index (Phi) is 7.20. The minimum Gasteiger partial charge on any atom is -0.508 e. The number of aromatic hydroxyl groups is 1. The van der Waals surface area contributed by atoms with Crippen molar-refractivity contribution >= 4 is 29.6 Å². The van der Waals surface area contributed by atoms with Gasteiger partial charge in [0.1, 0.15) is 23.9 Å². The number of cyclic esters (lactones) is 1. The largest absolute Gasteiger partial charge is 0.508 e. The van der Waals surface area contributed by atoms with Crippen molar-refractivity contribution in [2.45, 2.75) is 63.4 Å². The lowest BCUT2D eigenvalue weighted by Gasteiger charge is -2.43. The highest BCUT2D eigenvalue weighted by atomic mass is 16.7. The van der Waals surface area contributed by atoms with E-state index in [4.69, 9.17) is 9.47 Å². The fraction of sp³-hybridized carbons (Fsp3) is 0.522. The number of carbonyl (C=O) groups is 5. The number of carbonyl (C=O) groups excluding carboxylic acids is 5. The second-order valence-electron chi connectivity index (χ2n) is 8.60. The van der Waals surface area contributed by atoms with E-state index in [9.17, 15) is 29.1 Å². The first-order valence-corrected chi connectivity index (χ1v) is 11.6. The maximum Gasteiger partial charge on any atom is 0.310 e. The molecule has 3 aliphatic rings. The monoisotopic (exact) mass is 488 g/mol. The third-order valence-corrected chi connectivity index (χ3v) is 6.22. The minimum atomic E-state index is -1.02. The van der Waals surface area contributed by atoms with Crippen molar-refractivity contribution in [3.05, 3.63) is 29.8 Å². The van der Waals surface area contributed by atoms with E-state index in [1.807, 2.05) is 0 Å². The number of phenolic OH excluding ortho intramolecular Hbond substituents is 1. The van der Waals surface area contributed by atoms with Crippen molar-refractivity contribution in [3.8, 4) is 5.75 Å². The van der Waals surface area contributed by atoms with Gasteiger partial charge in [0.25, 0.3) is 11.8 Å². The first-order chi connectivity index (χ1) is 16.8. The van der Waals surface area contributed by atoms with Gasteiger partial charge in [0.2, 0.25) is 18.1 Å². The van der Waals surface area contributed by atoms with Gasteiger partial charge in [-0.2, -0.15) is 0 Å². The van der Waals surface area contributed by atoms with E-state index in [1.165, 1.54) is 29.3 Å². The number of fused-ring (bicyclic) bond motifs is 1. The molecule has 12 nitrogen and oxygen atoms in total. The number of esters is 1. The van der Waals surface area contributed by atoms with Crippen LogP contribution in [0.15, 0.2) is 24.3 Å². The fourth-order valence-electron chi connectivity index (χ4n) is 4.51. The van der Waals surface area contributed by atoms with Gasteiger partial charge in [-0.3, -0.25) is 29.0 Å². The normalized spacial score (nSPS) is 26.6. The van der Waals surface area contributed by atoms with Gasteiger partial charge in [0.15, 0.2) is 0 Å². The van der Waals surface area contributed by atoms with Crippen LogP contribution in [0.1, 0.15) is 49.4 Å². The predicted molar refractivity (Wildman–Crippen MR) is 118 cm³/mol. The summed E-state index contributed by atoms with van der Waals surface area (Å²) in [5.41, 5.74) is 0.240. The summed E-state index contributed by atoms with van der Waals surface area (Å²) in [6.45, 7) is 2.29. The Balaban J connectivity index is 1.51. The molecule has 1 aromatic carbocycles. The second kappa shape index (κ2) is 10.3. The Hall–Kier alpha value is -3.67. The number of nitrogens with zero attached hydrogens (tertiary/aromatic N) is 2. The van der Waals surface area contributed by atoms with Crippen molar-refractivity contribution < 1.29 is 38.6 Å². The van der Waals surface area contributed by atoms with Crippen LogP contribution in [-0.2, 0) is 28.7 Å². The van der Waals surface area contributed by atoms with Gasteiger partial charge in [0.05, 0.1) is 6.42 Å². The molecule has 0 spiro atoms. The van der Waals surface area contributed by atoms with Gasteiger partial charge in [-0.25, -0.2) is 5.01 Å². The van der Waals surface area contributed by atoms with Crippen LogP contribution in [0.2, 0.25) is 0 Å². The van der Waals surface area contributed by atoms with Crippen LogP contribution in [-0.4, -0.2) is 82.3 Å². The Bertz CT molecular complexity index is 1010. The lowest BCUT2D eigenvalue weighted by atomic mass is 10.0. The SMILES string of the molecule is CCO[C@@H]1OC(=O)C[C@@H]1NC(=O)[C@@H]1CCCN2C(=O)CC[C@H](NC(=O)c3ccc(O)cc3)C(=O)N12. The van der Waals surface area contributed by atoms with Crippen LogP contribution in [0, 0.1) is 0 Å². The Morgan fingerprint density at radius 2 is 1.89 bits per heavy atom. The maximum atomic E-state index is 13.5. The van der Waals surface area contributed by atoms with E-state index in [0.717, 1.165) is 5.01 Å². The van der Waals surface area contributed by atoms with Gasteiger partial charge in [-0.1, -0.05) is 0 Å². The number of rotatable bonds is 6. The molecule has 4 rings (SSSR count). The predicted octanol–water partition coefficient (Wildman–Crippen LogP) is -0.187. The summed E-state index contributed by atoms with van der Waals surface area (Å²) < 4.78 is 10.5. The lowest BCUT2D eigenvalue weighted by molar-refractivity contribution is -0.177. The average molecular weight is 488 g/mol. The molecule has 0 aromatic heterocycles. The van der Waals surface area contributed by atoms with Crippen molar-refractivity contribution in [3.63, 3.8) is 0 Å². The molecule has 188 valence electrons. The summed E-state index contributed by atoms with van der Waals surface area (Å²) in [5.74, 6) is -2.46. The van der Waals surface area contributed by atoms with Crippen molar-refractivity contribution in [2.75, 3.05) is 13.2 Å². The fourth-order valence-corrected chi connectivity index (χ4v) is 4.51. The molecular weight excluding hydrogens is 460 g/mol. The molecule has 3 fully saturated rings. The molecule has 0 saturated carbocycles. The highest BCUT2D eigenvalue weighted by Gasteiger charge is 2.46. The van der Waals surface area contributed by atoms with Crippen LogP contribution in [0.3, 0.4) is 0 Å². The third kappa shape index (κ3) is 5.21. The van der Waals surface area contributed by atoms with Crippen molar-refractivity contribution in [2.24, 2.45) is 0 Å². The van der Waals surface area contributed by atoms with Gasteiger partial charge in [-0.05, 0) is 50.5 Å². The number of hydrogen-bond acceptors (Lipinski definition) is 8. The first-order valence-electron chi connectivity index (χ1n) is 11.6. The molecule has 12 heteroatoms. The molecule has 0 bridgehead atoms. The van der Waals surface area contributed by atoms with E-state index < -0.39 is 48.1 Å². The smallest absolute Gasteiger partial charge is 0.310 e. The quantitative estimate of drug-likeness (QED) is 0.466. The standard InChI is InChI=1S/C23H28N4O8/c1-2-34-23-16(12-19(30)35-23)25-21(32)17-4-3-11-26-18(29)10-9-15(22(33)27(17)26)24-20(31)13-5-7-14(28)8-6-13/h5-8,15-17,23,28H,2-4,9-12H2,1H3,(H,24,31)(H,25,32)/t15-,16-,17-,23+/m0/s1. The van der Waals surface area contributed by atoms with E-state index in [1.54, 1.807) is 6.92 Å². The van der Waals surface area contributed by atoms with Crippen LogP contribution in [0.4, 0.5) is 0 Å². The van der Waals surface area contributed by atoms with E-state index in [2.05, 4.69) is 10.6 Å². The molecule has 35 heavy (non-hydrogen) atoms. The molecule has 1 aromatic rings. The van der Waals surface area contributed by atoms with Crippen LogP contribution >= 0.6 is 0 Å². The molecule has 4 atom stereocenters. The molecular formula is C23H28N4O8. The van der Waals surface area contributed by atoms with Gasteiger partial charge in [-0.15, -0.1) is 0 Å². The highest BCUT2D eigenvalue weighted by Crippen LogP contribution is 2.26. The number of hydrogen-bond donors (Lipinski definition) is 3. The van der Waals surface area contributed by atoms with Crippen LogP contribution < -0.4 is 10.6 Å². The number of phenols is 1. The Morgan fingerprint density at radius 1 is 1.14 bits per heavy atom. The lowest BCUT2D eigenvalue weighted by Crippen LogP contribution is -2.64. The topological polar surface area (TPSA) is 155 Å². The molecule has 3 heterocycles. The highest BCUT2D eigenvalue weighted by molar-refractivity contribution is 5.99. The molecule has 0 radical (unpaired) electrons. The van der Waals surface area contributed by atoms with Gasteiger partial charge >= 0.3 is 5.97 Å². The first kappa shape index (κ1) is 24.5. The third-order valence-electron chi connectivity index (χ3n) is 6.22. The summed E-state index contributed by atoms with van der Waals surface area (Å²) >= 11 is 0. The van der Waals surface area contributed by atoms with Gasteiger partial charge < -0.3 is 25.2 Å². The second-order valence-corrected chi connectivity index (χ2v) is 8.60. The molecule has 0 aliphatic carbocycles. The van der Waals surface area contributed by atoms with E-state index in [0.29, 0.717) is 12.8 Å². The molecule has 3 saturated heterocycles. The van der Waals surface area contributed by atoms with Gasteiger partial charge in [0, 0.05) is 25.1 Å². The molecule has 4 amide bonds. The zero-order chi connectivity index (χ0) is 25.1. The maximum absolute atomic E-state index is 13.5. The van der Waals surface area contributed by atoms with E-state index in [-0.39, 0.29) is 49.6 Å². The van der Waals surface area contributed by atoms with E-state index >= 15 is 0 Å². The number of benzene rings is 1. The number of hydrazine groups is 1. The zero-order valence-corrected chi connectivity index (χ0v) is 19.3. The Labute approximate surface area is 201 Å². The average Bonchev–Trinajstić information content (AvgIpc) is 3.13. The summed E-state index contributed by atoms with van der Waals surface area (Å²) in [4.78, 5) is 64.0. The summed E-state index contributed by atoms with van der Waals surface area (Å²) in [6, 6.07) is 2.81. The molecule has 3 N–H and O–H groups in total. The number of ether oxygens (including phenoxy) is 2. The zero-order valence-electron chi connectivity index (χ0n) is 19.3. The van der Waals surface area contributed by atoms with Crippen LogP contribution in [0.25, 0.3) is 0 Å².